The molecule has 80 valence electrons. The Balaban J connectivity index is 2.34. The van der Waals surface area contributed by atoms with Gasteiger partial charge in [-0.15, -0.1) is 0 Å². The Bertz CT molecular complexity index is 473. The third-order valence-corrected chi connectivity index (χ3v) is 3.52. The summed E-state index contributed by atoms with van der Waals surface area (Å²) in [7, 11) is 1.89. The minimum absolute atomic E-state index is 0.158. The van der Waals surface area contributed by atoms with Gasteiger partial charge < -0.3 is 9.30 Å². The molecule has 0 atom stereocenters. The summed E-state index contributed by atoms with van der Waals surface area (Å²) in [6, 6.07) is 0. The first-order valence-corrected chi connectivity index (χ1v) is 5.65. The molecule has 0 spiro atoms. The van der Waals surface area contributed by atoms with Crippen LogP contribution in [0.3, 0.4) is 0 Å². The summed E-state index contributed by atoms with van der Waals surface area (Å²) in [5.74, 6) is 0.928. The number of hydrogen-bond acceptors (Lipinski definition) is 2. The van der Waals surface area contributed by atoms with E-state index in [1.165, 1.54) is 11.3 Å². The van der Waals surface area contributed by atoms with E-state index in [0.717, 1.165) is 50.0 Å². The average molecular weight is 205 g/mol. The topological polar surface area (TPSA) is 31.2 Å². The van der Waals surface area contributed by atoms with Crippen molar-refractivity contribution >= 4 is 0 Å². The standard InChI is InChI=1S/C12H15NO2/c1-13-10-6-2-4-8(10)11-9(12(13)14)5-3-7-15-11/h2-7H2,1H3. The predicted molar refractivity (Wildman–Crippen MR) is 57.5 cm³/mol. The number of aromatic nitrogens is 1. The fourth-order valence-electron chi connectivity index (χ4n) is 2.76. The molecule has 0 radical (unpaired) electrons. The van der Waals surface area contributed by atoms with E-state index >= 15 is 0 Å². The summed E-state index contributed by atoms with van der Waals surface area (Å²) in [6.45, 7) is 0.770. The van der Waals surface area contributed by atoms with Crippen molar-refractivity contribution in [3.63, 3.8) is 0 Å². The van der Waals surface area contributed by atoms with E-state index in [0.29, 0.717) is 0 Å². The van der Waals surface area contributed by atoms with E-state index in [4.69, 9.17) is 4.74 Å². The van der Waals surface area contributed by atoms with Gasteiger partial charge in [-0.3, -0.25) is 4.79 Å². The highest BCUT2D eigenvalue weighted by atomic mass is 16.5. The number of fused-ring (bicyclic) bond motifs is 3. The van der Waals surface area contributed by atoms with E-state index < -0.39 is 0 Å². The minimum Gasteiger partial charge on any atom is -0.493 e. The van der Waals surface area contributed by atoms with Gasteiger partial charge in [-0.2, -0.15) is 0 Å². The molecule has 1 aromatic rings. The second kappa shape index (κ2) is 3.12. The molecule has 1 aromatic heterocycles. The van der Waals surface area contributed by atoms with Crippen LogP contribution in [0.4, 0.5) is 0 Å². The number of ether oxygens (including phenoxy) is 1. The molecule has 0 aromatic carbocycles. The Labute approximate surface area is 88.7 Å². The fourth-order valence-corrected chi connectivity index (χ4v) is 2.76. The maximum absolute atomic E-state index is 12.1. The van der Waals surface area contributed by atoms with Crippen LogP contribution in [-0.2, 0) is 26.3 Å². The van der Waals surface area contributed by atoms with Gasteiger partial charge in [-0.25, -0.2) is 0 Å². The van der Waals surface area contributed by atoms with Crippen molar-refractivity contribution in [1.82, 2.24) is 4.57 Å². The lowest BCUT2D eigenvalue weighted by Gasteiger charge is -2.21. The van der Waals surface area contributed by atoms with Crippen LogP contribution in [0, 0.1) is 0 Å². The summed E-state index contributed by atoms with van der Waals surface area (Å²) in [6.07, 6.45) is 5.11. The molecule has 3 heteroatoms. The van der Waals surface area contributed by atoms with E-state index in [-0.39, 0.29) is 5.56 Å². The van der Waals surface area contributed by atoms with Crippen molar-refractivity contribution < 1.29 is 4.74 Å². The molecule has 0 unspecified atom stereocenters. The van der Waals surface area contributed by atoms with Crippen molar-refractivity contribution in [2.24, 2.45) is 7.05 Å². The predicted octanol–water partition coefficient (Wildman–Crippen LogP) is 1.20. The molecule has 0 fully saturated rings. The van der Waals surface area contributed by atoms with Crippen LogP contribution in [0.5, 0.6) is 5.75 Å². The maximum atomic E-state index is 12.1. The van der Waals surface area contributed by atoms with Gasteiger partial charge in [0.1, 0.15) is 5.75 Å². The van der Waals surface area contributed by atoms with Gasteiger partial charge in [0.05, 0.1) is 12.2 Å². The first-order chi connectivity index (χ1) is 7.29. The fraction of sp³-hybridized carbons (Fsp3) is 0.583. The second-order valence-electron chi connectivity index (χ2n) is 4.40. The van der Waals surface area contributed by atoms with Crippen LogP contribution in [0.25, 0.3) is 0 Å². The van der Waals surface area contributed by atoms with Crippen molar-refractivity contribution in [2.45, 2.75) is 32.1 Å². The van der Waals surface area contributed by atoms with E-state index in [2.05, 4.69) is 0 Å². The monoisotopic (exact) mass is 205 g/mol. The van der Waals surface area contributed by atoms with E-state index in [1.807, 2.05) is 11.6 Å². The summed E-state index contributed by atoms with van der Waals surface area (Å²) < 4.78 is 7.52. The molecule has 0 N–H and O–H groups in total. The van der Waals surface area contributed by atoms with Gasteiger partial charge >= 0.3 is 0 Å². The SMILES string of the molecule is Cn1c2c(c3c(c1=O)CCCO3)CCC2. The minimum atomic E-state index is 0.158. The molecular formula is C12H15NO2. The lowest BCUT2D eigenvalue weighted by atomic mass is 10.0. The zero-order valence-corrected chi connectivity index (χ0v) is 9.01. The molecule has 2 aliphatic rings. The molecule has 3 rings (SSSR count). The quantitative estimate of drug-likeness (QED) is 0.637. The smallest absolute Gasteiger partial charge is 0.257 e. The number of rotatable bonds is 0. The molecule has 0 saturated heterocycles. The maximum Gasteiger partial charge on any atom is 0.257 e. The molecule has 1 aliphatic carbocycles. The largest absolute Gasteiger partial charge is 0.493 e. The Morgan fingerprint density at radius 3 is 2.80 bits per heavy atom. The Morgan fingerprint density at radius 1 is 1.13 bits per heavy atom. The first kappa shape index (κ1) is 9.01. The van der Waals surface area contributed by atoms with E-state index in [1.54, 1.807) is 0 Å². The van der Waals surface area contributed by atoms with Gasteiger partial charge in [0.2, 0.25) is 0 Å². The average Bonchev–Trinajstić information content (AvgIpc) is 2.75. The highest BCUT2D eigenvalue weighted by Gasteiger charge is 2.26. The summed E-state index contributed by atoms with van der Waals surface area (Å²) in [5.41, 5.74) is 3.56. The number of pyridine rings is 1. The first-order valence-electron chi connectivity index (χ1n) is 5.65. The molecule has 1 aliphatic heterocycles. The van der Waals surface area contributed by atoms with Crippen molar-refractivity contribution in [3.05, 3.63) is 27.2 Å². The highest BCUT2D eigenvalue weighted by Crippen LogP contribution is 2.33. The van der Waals surface area contributed by atoms with Crippen LogP contribution in [0.2, 0.25) is 0 Å². The van der Waals surface area contributed by atoms with Crippen LogP contribution in [0.15, 0.2) is 4.79 Å². The molecule has 3 nitrogen and oxygen atoms in total. The van der Waals surface area contributed by atoms with Gasteiger partial charge in [0.15, 0.2) is 0 Å². The van der Waals surface area contributed by atoms with Crippen molar-refractivity contribution in [2.75, 3.05) is 6.61 Å². The van der Waals surface area contributed by atoms with Gasteiger partial charge in [-0.05, 0) is 32.1 Å². The van der Waals surface area contributed by atoms with Gasteiger partial charge in [0.25, 0.3) is 5.56 Å². The van der Waals surface area contributed by atoms with Crippen LogP contribution >= 0.6 is 0 Å². The molecular weight excluding hydrogens is 190 g/mol. The highest BCUT2D eigenvalue weighted by molar-refractivity contribution is 5.46. The summed E-state index contributed by atoms with van der Waals surface area (Å²) >= 11 is 0. The normalized spacial score (nSPS) is 18.2. The van der Waals surface area contributed by atoms with Crippen molar-refractivity contribution in [1.29, 1.82) is 0 Å². The van der Waals surface area contributed by atoms with Crippen LogP contribution in [0.1, 0.15) is 29.7 Å². The molecule has 0 amide bonds. The van der Waals surface area contributed by atoms with Crippen molar-refractivity contribution in [3.8, 4) is 5.75 Å². The third kappa shape index (κ3) is 1.15. The van der Waals surface area contributed by atoms with Gasteiger partial charge in [-0.1, -0.05) is 0 Å². The molecule has 0 bridgehead atoms. The zero-order chi connectivity index (χ0) is 10.4. The molecule has 15 heavy (non-hydrogen) atoms. The second-order valence-corrected chi connectivity index (χ2v) is 4.40. The lowest BCUT2D eigenvalue weighted by molar-refractivity contribution is 0.283. The summed E-state index contributed by atoms with van der Waals surface area (Å²) in [4.78, 5) is 12.1. The Morgan fingerprint density at radius 2 is 1.93 bits per heavy atom. The number of hydrogen-bond donors (Lipinski definition) is 0. The number of nitrogens with zero attached hydrogens (tertiary/aromatic N) is 1. The Hall–Kier alpha value is -1.25. The molecule has 0 saturated carbocycles. The van der Waals surface area contributed by atoms with E-state index in [9.17, 15) is 4.79 Å². The van der Waals surface area contributed by atoms with Gasteiger partial charge in [0, 0.05) is 18.3 Å². The van der Waals surface area contributed by atoms with Crippen LogP contribution in [-0.4, -0.2) is 11.2 Å². The lowest BCUT2D eigenvalue weighted by Crippen LogP contribution is -2.28. The third-order valence-electron chi connectivity index (χ3n) is 3.52. The Kier molecular flexibility index (Phi) is 1.87. The summed E-state index contributed by atoms with van der Waals surface area (Å²) in [5, 5.41) is 0. The van der Waals surface area contributed by atoms with Crippen LogP contribution < -0.4 is 10.3 Å². The molecule has 2 heterocycles. The zero-order valence-electron chi connectivity index (χ0n) is 9.01.